The predicted octanol–water partition coefficient (Wildman–Crippen LogP) is 1.30. The third-order valence-corrected chi connectivity index (χ3v) is 3.16. The molecule has 0 spiro atoms. The summed E-state index contributed by atoms with van der Waals surface area (Å²) in [5, 5.41) is 4.09. The van der Waals surface area contributed by atoms with Crippen LogP contribution in [0.5, 0.6) is 0 Å². The highest BCUT2D eigenvalue weighted by molar-refractivity contribution is 7.99. The topological polar surface area (TPSA) is 30.4 Å². The molecule has 2 rings (SSSR count). The zero-order valence-corrected chi connectivity index (χ0v) is 8.10. The van der Waals surface area contributed by atoms with Crippen molar-refractivity contribution in [2.24, 2.45) is 7.05 Å². The van der Waals surface area contributed by atoms with Crippen molar-refractivity contribution in [3.05, 3.63) is 12.4 Å². The van der Waals surface area contributed by atoms with Crippen molar-refractivity contribution in [1.29, 1.82) is 0 Å². The monoisotopic (exact) mass is 184 g/mol. The molecule has 1 saturated heterocycles. The third-order valence-electron chi connectivity index (χ3n) is 1.86. The van der Waals surface area contributed by atoms with E-state index in [0.29, 0.717) is 0 Å². The Balaban J connectivity index is 1.87. The molecule has 0 saturated carbocycles. The van der Waals surface area contributed by atoms with E-state index in [9.17, 15) is 0 Å². The number of hydrogen-bond acceptors (Lipinski definition) is 3. The van der Waals surface area contributed by atoms with Gasteiger partial charge in [-0.25, -0.2) is 0 Å². The standard InChI is InChI=1S/C8H12N2OS/c1-8(5-11-8)6-12-7-3-9-10(2)4-7/h3-4H,5-6H2,1-2H3. The van der Waals surface area contributed by atoms with Crippen molar-refractivity contribution in [3.63, 3.8) is 0 Å². The number of epoxide rings is 1. The van der Waals surface area contributed by atoms with E-state index in [2.05, 4.69) is 12.0 Å². The van der Waals surface area contributed by atoms with E-state index in [1.54, 1.807) is 11.8 Å². The molecule has 12 heavy (non-hydrogen) atoms. The lowest BCUT2D eigenvalue weighted by Crippen LogP contribution is -2.06. The number of hydrogen-bond donors (Lipinski definition) is 0. The normalized spacial score (nSPS) is 27.5. The maximum atomic E-state index is 5.28. The molecule has 0 N–H and O–H groups in total. The maximum Gasteiger partial charge on any atom is 0.0981 e. The van der Waals surface area contributed by atoms with Gasteiger partial charge in [0.2, 0.25) is 0 Å². The number of nitrogens with zero attached hydrogens (tertiary/aromatic N) is 2. The highest BCUT2D eigenvalue weighted by atomic mass is 32.2. The maximum absolute atomic E-state index is 5.28. The molecule has 0 aromatic carbocycles. The Morgan fingerprint density at radius 2 is 2.58 bits per heavy atom. The van der Waals surface area contributed by atoms with Crippen LogP contribution in [-0.4, -0.2) is 27.7 Å². The first-order valence-corrected chi connectivity index (χ1v) is 4.92. The van der Waals surface area contributed by atoms with Crippen LogP contribution in [0.2, 0.25) is 0 Å². The van der Waals surface area contributed by atoms with E-state index in [4.69, 9.17) is 4.74 Å². The Labute approximate surface area is 76.1 Å². The van der Waals surface area contributed by atoms with Gasteiger partial charge in [0.1, 0.15) is 0 Å². The van der Waals surface area contributed by atoms with Crippen molar-refractivity contribution in [3.8, 4) is 0 Å². The fourth-order valence-electron chi connectivity index (χ4n) is 0.916. The van der Waals surface area contributed by atoms with Gasteiger partial charge in [0.15, 0.2) is 0 Å². The first-order chi connectivity index (χ1) is 5.68. The van der Waals surface area contributed by atoms with Gasteiger partial charge in [-0.2, -0.15) is 5.10 Å². The first kappa shape index (κ1) is 8.13. The SMILES string of the molecule is Cn1cc(SCC2(C)CO2)cn1. The van der Waals surface area contributed by atoms with Crippen molar-refractivity contribution >= 4 is 11.8 Å². The Bertz CT molecular complexity index is 280. The molecular weight excluding hydrogens is 172 g/mol. The van der Waals surface area contributed by atoms with E-state index in [-0.39, 0.29) is 5.60 Å². The summed E-state index contributed by atoms with van der Waals surface area (Å²) in [4.78, 5) is 1.22. The molecule has 0 radical (unpaired) electrons. The Kier molecular flexibility index (Phi) is 1.88. The molecule has 0 amide bonds. The Morgan fingerprint density at radius 3 is 3.08 bits per heavy atom. The minimum Gasteiger partial charge on any atom is -0.369 e. The van der Waals surface area contributed by atoms with Crippen LogP contribution in [0.4, 0.5) is 0 Å². The molecule has 4 heteroatoms. The van der Waals surface area contributed by atoms with Gasteiger partial charge in [-0.15, -0.1) is 11.8 Å². The van der Waals surface area contributed by atoms with Gasteiger partial charge in [0.25, 0.3) is 0 Å². The number of aromatic nitrogens is 2. The van der Waals surface area contributed by atoms with Crippen LogP contribution < -0.4 is 0 Å². The average Bonchev–Trinajstić information content (AvgIpc) is 2.60. The zero-order chi connectivity index (χ0) is 8.60. The average molecular weight is 184 g/mol. The van der Waals surface area contributed by atoms with Gasteiger partial charge >= 0.3 is 0 Å². The summed E-state index contributed by atoms with van der Waals surface area (Å²) in [6.07, 6.45) is 3.91. The summed E-state index contributed by atoms with van der Waals surface area (Å²) in [5.41, 5.74) is 0.139. The summed E-state index contributed by atoms with van der Waals surface area (Å²) in [7, 11) is 1.93. The van der Waals surface area contributed by atoms with Crippen LogP contribution in [0.15, 0.2) is 17.3 Å². The summed E-state index contributed by atoms with van der Waals surface area (Å²) in [5.74, 6) is 1.03. The highest BCUT2D eigenvalue weighted by Crippen LogP contribution is 2.32. The summed E-state index contributed by atoms with van der Waals surface area (Å²) in [6, 6.07) is 0. The van der Waals surface area contributed by atoms with Crippen LogP contribution in [0.25, 0.3) is 0 Å². The second kappa shape index (κ2) is 2.78. The van der Waals surface area contributed by atoms with E-state index in [1.807, 2.05) is 24.1 Å². The quantitative estimate of drug-likeness (QED) is 0.524. The number of rotatable bonds is 3. The zero-order valence-electron chi connectivity index (χ0n) is 7.28. The van der Waals surface area contributed by atoms with E-state index in [1.165, 1.54) is 4.90 Å². The summed E-state index contributed by atoms with van der Waals surface area (Å²) >= 11 is 1.80. The number of thioether (sulfide) groups is 1. The third kappa shape index (κ3) is 1.81. The molecular formula is C8H12N2OS. The molecule has 3 nitrogen and oxygen atoms in total. The lowest BCUT2D eigenvalue weighted by Gasteiger charge is -2.00. The first-order valence-electron chi connectivity index (χ1n) is 3.93. The Hall–Kier alpha value is -0.480. The Morgan fingerprint density at radius 1 is 1.83 bits per heavy atom. The molecule has 0 aliphatic carbocycles. The van der Waals surface area contributed by atoms with Crippen LogP contribution in [-0.2, 0) is 11.8 Å². The fourth-order valence-corrected chi connectivity index (χ4v) is 1.90. The lowest BCUT2D eigenvalue weighted by molar-refractivity contribution is 0.348. The predicted molar refractivity (Wildman–Crippen MR) is 48.3 cm³/mol. The van der Waals surface area contributed by atoms with Gasteiger partial charge in [-0.05, 0) is 6.92 Å². The second-order valence-corrected chi connectivity index (χ2v) is 4.43. The van der Waals surface area contributed by atoms with Gasteiger partial charge < -0.3 is 4.74 Å². The molecule has 1 unspecified atom stereocenters. The molecule has 1 aromatic rings. The lowest BCUT2D eigenvalue weighted by atomic mass is 10.3. The van der Waals surface area contributed by atoms with E-state index >= 15 is 0 Å². The molecule has 1 aromatic heterocycles. The number of ether oxygens (including phenoxy) is 1. The highest BCUT2D eigenvalue weighted by Gasteiger charge is 2.38. The molecule has 2 heterocycles. The van der Waals surface area contributed by atoms with Crippen molar-refractivity contribution in [2.45, 2.75) is 17.4 Å². The number of aryl methyl sites for hydroxylation is 1. The second-order valence-electron chi connectivity index (χ2n) is 3.38. The molecule has 0 bridgehead atoms. The van der Waals surface area contributed by atoms with Gasteiger partial charge in [-0.3, -0.25) is 4.68 Å². The molecule has 1 aliphatic heterocycles. The molecule has 66 valence electrons. The fraction of sp³-hybridized carbons (Fsp3) is 0.625. The summed E-state index contributed by atoms with van der Waals surface area (Å²) in [6.45, 7) is 3.04. The summed E-state index contributed by atoms with van der Waals surface area (Å²) < 4.78 is 7.09. The van der Waals surface area contributed by atoms with E-state index in [0.717, 1.165) is 12.4 Å². The van der Waals surface area contributed by atoms with Gasteiger partial charge in [0.05, 0.1) is 18.4 Å². The van der Waals surface area contributed by atoms with Crippen molar-refractivity contribution < 1.29 is 4.74 Å². The van der Waals surface area contributed by atoms with Crippen LogP contribution >= 0.6 is 11.8 Å². The van der Waals surface area contributed by atoms with Gasteiger partial charge in [0, 0.05) is 23.9 Å². The molecule has 1 aliphatic rings. The van der Waals surface area contributed by atoms with Crippen LogP contribution in [0.3, 0.4) is 0 Å². The molecule has 1 fully saturated rings. The molecule has 1 atom stereocenters. The van der Waals surface area contributed by atoms with Gasteiger partial charge in [-0.1, -0.05) is 0 Å². The van der Waals surface area contributed by atoms with Crippen LogP contribution in [0.1, 0.15) is 6.92 Å². The van der Waals surface area contributed by atoms with Crippen molar-refractivity contribution in [1.82, 2.24) is 9.78 Å². The van der Waals surface area contributed by atoms with Crippen LogP contribution in [0, 0.1) is 0 Å². The largest absolute Gasteiger partial charge is 0.369 e. The smallest absolute Gasteiger partial charge is 0.0981 e. The van der Waals surface area contributed by atoms with E-state index < -0.39 is 0 Å². The minimum atomic E-state index is 0.139. The van der Waals surface area contributed by atoms with Crippen molar-refractivity contribution in [2.75, 3.05) is 12.4 Å². The minimum absolute atomic E-state index is 0.139.